The van der Waals surface area contributed by atoms with Crippen LogP contribution < -0.4 is 0 Å². The maximum Gasteiger partial charge on any atom is 0.410 e. The number of hydrogen-bond donors (Lipinski definition) is 1. The smallest absolute Gasteiger partial charge is 0.410 e. The van der Waals surface area contributed by atoms with Crippen molar-refractivity contribution in [3.63, 3.8) is 0 Å². The fourth-order valence-corrected chi connectivity index (χ4v) is 3.45. The molecule has 2 fully saturated rings. The molecular weight excluding hydrogens is 300 g/mol. The molecule has 2 aliphatic rings. The van der Waals surface area contributed by atoms with E-state index in [1.54, 1.807) is 26.8 Å². The predicted molar refractivity (Wildman–Crippen MR) is 79.3 cm³/mol. The zero-order valence-corrected chi connectivity index (χ0v) is 13.6. The van der Waals surface area contributed by atoms with Gasteiger partial charge in [-0.1, -0.05) is 0 Å². The Morgan fingerprint density at radius 2 is 2.04 bits per heavy atom. The highest BCUT2D eigenvalue weighted by atomic mass is 16.6. The molecular formula is C16H22N2O5. The summed E-state index contributed by atoms with van der Waals surface area (Å²) in [5.41, 5.74) is -0.605. The van der Waals surface area contributed by atoms with Gasteiger partial charge in [0.15, 0.2) is 0 Å². The molecule has 1 heterocycles. The number of hydrogen-bond acceptors (Lipinski definition) is 5. The number of carbonyl (C=O) groups is 3. The summed E-state index contributed by atoms with van der Waals surface area (Å²) in [5, 5.41) is 18.1. The third kappa shape index (κ3) is 3.81. The van der Waals surface area contributed by atoms with Gasteiger partial charge in [-0.15, -0.1) is 0 Å². The highest BCUT2D eigenvalue weighted by molar-refractivity contribution is 5.85. The van der Waals surface area contributed by atoms with Gasteiger partial charge in [-0.05, 0) is 39.0 Å². The molecule has 126 valence electrons. The first-order valence-corrected chi connectivity index (χ1v) is 7.75. The maximum absolute atomic E-state index is 12.3. The lowest BCUT2D eigenvalue weighted by atomic mass is 9.71. The predicted octanol–water partition coefficient (Wildman–Crippen LogP) is 1.67. The van der Waals surface area contributed by atoms with Crippen LogP contribution in [0.15, 0.2) is 0 Å². The number of carbonyl (C=O) groups excluding carboxylic acids is 2. The molecule has 1 unspecified atom stereocenters. The quantitative estimate of drug-likeness (QED) is 0.828. The van der Waals surface area contributed by atoms with Gasteiger partial charge in [0.2, 0.25) is 0 Å². The van der Waals surface area contributed by atoms with Crippen molar-refractivity contribution >= 4 is 17.8 Å². The first kappa shape index (κ1) is 17.3. The van der Waals surface area contributed by atoms with E-state index in [0.29, 0.717) is 19.5 Å². The van der Waals surface area contributed by atoms with Crippen molar-refractivity contribution in [2.75, 3.05) is 13.1 Å². The van der Waals surface area contributed by atoms with Crippen LogP contribution in [0.1, 0.15) is 33.6 Å². The number of amides is 1. The summed E-state index contributed by atoms with van der Waals surface area (Å²) in [4.78, 5) is 37.1. The largest absolute Gasteiger partial charge is 0.480 e. The van der Waals surface area contributed by atoms with E-state index in [9.17, 15) is 14.4 Å². The van der Waals surface area contributed by atoms with Crippen molar-refractivity contribution in [3.05, 3.63) is 0 Å². The summed E-state index contributed by atoms with van der Waals surface area (Å²) in [6.45, 7) is 6.02. The topological polar surface area (TPSA) is 108 Å². The molecule has 23 heavy (non-hydrogen) atoms. The summed E-state index contributed by atoms with van der Waals surface area (Å²) in [6, 6.07) is 1.78. The van der Waals surface area contributed by atoms with E-state index in [1.807, 2.05) is 0 Å². The monoisotopic (exact) mass is 322 g/mol. The van der Waals surface area contributed by atoms with Gasteiger partial charge in [0, 0.05) is 25.4 Å². The molecule has 0 spiro atoms. The SMILES string of the molecule is CC(C)(C)OC(=O)N1C[C@@H]2C[C@@H](C(C#N)C(=O)O)CC(=O)[C@@H]2C1. The van der Waals surface area contributed by atoms with Gasteiger partial charge < -0.3 is 14.7 Å². The average Bonchev–Trinajstić information content (AvgIpc) is 2.81. The lowest BCUT2D eigenvalue weighted by Crippen LogP contribution is -2.37. The average molecular weight is 322 g/mol. The molecule has 0 aromatic rings. The molecule has 1 aliphatic carbocycles. The second-order valence-corrected chi connectivity index (χ2v) is 7.36. The standard InChI is InChI=1S/C16H22N2O5/c1-16(2,3)23-15(22)18-7-10-4-9(11(6-17)14(20)21)5-13(19)12(10)8-18/h9-12H,4-5,7-8H2,1-3H3,(H,20,21)/t9-,10+,11?,12-/m1/s1. The number of ether oxygens (including phenoxy) is 1. The molecule has 1 saturated carbocycles. The van der Waals surface area contributed by atoms with Crippen molar-refractivity contribution in [1.82, 2.24) is 4.90 Å². The molecule has 1 saturated heterocycles. The first-order chi connectivity index (χ1) is 10.6. The van der Waals surface area contributed by atoms with Gasteiger partial charge in [0.1, 0.15) is 17.3 Å². The van der Waals surface area contributed by atoms with Gasteiger partial charge in [-0.25, -0.2) is 4.79 Å². The third-order valence-corrected chi connectivity index (χ3v) is 4.45. The van der Waals surface area contributed by atoms with E-state index in [0.717, 1.165) is 0 Å². The number of carboxylic acid groups (broad SMARTS) is 1. The van der Waals surface area contributed by atoms with Crippen LogP contribution in [0.3, 0.4) is 0 Å². The summed E-state index contributed by atoms with van der Waals surface area (Å²) in [6.07, 6.45) is 0.111. The van der Waals surface area contributed by atoms with Crippen molar-refractivity contribution in [2.45, 2.75) is 39.2 Å². The van der Waals surface area contributed by atoms with E-state index in [2.05, 4.69) is 0 Å². The highest BCUT2D eigenvalue weighted by Gasteiger charge is 2.47. The number of rotatable bonds is 2. The van der Waals surface area contributed by atoms with E-state index in [4.69, 9.17) is 15.1 Å². The number of carboxylic acids is 1. The minimum Gasteiger partial charge on any atom is -0.480 e. The van der Waals surface area contributed by atoms with Crippen LogP contribution in [0.5, 0.6) is 0 Å². The molecule has 1 amide bonds. The molecule has 4 atom stereocenters. The summed E-state index contributed by atoms with van der Waals surface area (Å²) >= 11 is 0. The Bertz CT molecular complexity index is 560. The third-order valence-electron chi connectivity index (χ3n) is 4.45. The van der Waals surface area contributed by atoms with Crippen molar-refractivity contribution < 1.29 is 24.2 Å². The Hall–Kier alpha value is -2.10. The Labute approximate surface area is 135 Å². The number of nitrogens with zero attached hydrogens (tertiary/aromatic N) is 2. The molecule has 7 nitrogen and oxygen atoms in total. The number of fused-ring (bicyclic) bond motifs is 1. The van der Waals surface area contributed by atoms with Crippen LogP contribution in [0.4, 0.5) is 4.79 Å². The van der Waals surface area contributed by atoms with Crippen LogP contribution in [-0.2, 0) is 14.3 Å². The lowest BCUT2D eigenvalue weighted by Gasteiger charge is -2.30. The van der Waals surface area contributed by atoms with Gasteiger partial charge >= 0.3 is 12.1 Å². The molecule has 0 radical (unpaired) electrons. The second kappa shape index (κ2) is 6.19. The van der Waals surface area contributed by atoms with E-state index >= 15 is 0 Å². The van der Waals surface area contributed by atoms with E-state index < -0.39 is 29.5 Å². The molecule has 1 N–H and O–H groups in total. The number of ketones is 1. The van der Waals surface area contributed by atoms with Crippen molar-refractivity contribution in [3.8, 4) is 6.07 Å². The fourth-order valence-electron chi connectivity index (χ4n) is 3.45. The van der Waals surface area contributed by atoms with Crippen molar-refractivity contribution in [2.24, 2.45) is 23.7 Å². The Morgan fingerprint density at radius 1 is 1.39 bits per heavy atom. The van der Waals surface area contributed by atoms with Crippen LogP contribution in [0.25, 0.3) is 0 Å². The zero-order valence-electron chi connectivity index (χ0n) is 13.6. The van der Waals surface area contributed by atoms with E-state index in [-0.39, 0.29) is 24.0 Å². The van der Waals surface area contributed by atoms with Gasteiger partial charge in [-0.2, -0.15) is 5.26 Å². The van der Waals surface area contributed by atoms with Gasteiger partial charge in [-0.3, -0.25) is 9.59 Å². The molecule has 1 aliphatic heterocycles. The minimum absolute atomic E-state index is 0.0567. The van der Waals surface area contributed by atoms with Crippen molar-refractivity contribution in [1.29, 1.82) is 5.26 Å². The molecule has 2 rings (SSSR count). The zero-order chi connectivity index (χ0) is 17.4. The lowest BCUT2D eigenvalue weighted by molar-refractivity contribution is -0.142. The molecule has 7 heteroatoms. The van der Waals surface area contributed by atoms with Gasteiger partial charge in [0.25, 0.3) is 0 Å². The fraction of sp³-hybridized carbons (Fsp3) is 0.750. The normalized spacial score (nSPS) is 28.7. The Kier molecular flexibility index (Phi) is 4.64. The molecule has 0 bridgehead atoms. The number of likely N-dealkylation sites (tertiary alicyclic amines) is 1. The summed E-state index contributed by atoms with van der Waals surface area (Å²) in [7, 11) is 0. The van der Waals surface area contributed by atoms with Gasteiger partial charge in [0.05, 0.1) is 6.07 Å². The number of aliphatic carboxylic acids is 1. The van der Waals surface area contributed by atoms with Crippen LogP contribution >= 0.6 is 0 Å². The Morgan fingerprint density at radius 3 is 2.57 bits per heavy atom. The maximum atomic E-state index is 12.3. The number of nitriles is 1. The first-order valence-electron chi connectivity index (χ1n) is 7.75. The van der Waals surface area contributed by atoms with Crippen LogP contribution in [0.2, 0.25) is 0 Å². The second-order valence-electron chi connectivity index (χ2n) is 7.36. The van der Waals surface area contributed by atoms with E-state index in [1.165, 1.54) is 4.90 Å². The highest BCUT2D eigenvalue weighted by Crippen LogP contribution is 2.40. The number of Topliss-reactive ketones (excluding diaryl/α,β-unsaturated/α-hetero) is 1. The molecule has 0 aromatic carbocycles. The summed E-state index contributed by atoms with van der Waals surface area (Å²) < 4.78 is 5.33. The summed E-state index contributed by atoms with van der Waals surface area (Å²) in [5.74, 6) is -3.26. The molecule has 0 aromatic heterocycles. The minimum atomic E-state index is -1.19. The van der Waals surface area contributed by atoms with Crippen LogP contribution in [-0.4, -0.2) is 46.5 Å². The Balaban J connectivity index is 2.06. The van der Waals surface area contributed by atoms with Crippen LogP contribution in [0, 0.1) is 35.0 Å².